The molecule has 0 aromatic carbocycles. The first-order valence-electron chi connectivity index (χ1n) is 10.1. The first kappa shape index (κ1) is 22.1. The molecule has 0 aliphatic rings. The van der Waals surface area contributed by atoms with E-state index in [4.69, 9.17) is 0 Å². The third-order valence-corrected chi connectivity index (χ3v) is 4.30. The minimum atomic E-state index is -0.210. The molecular formula is C20H40N2O. The number of nitrogens with zero attached hydrogens (tertiary/aromatic N) is 1. The van der Waals surface area contributed by atoms with Gasteiger partial charge in [-0.3, -0.25) is 0 Å². The molecular weight excluding hydrogens is 284 g/mol. The summed E-state index contributed by atoms with van der Waals surface area (Å²) in [4.78, 5) is 14.7. The minimum absolute atomic E-state index is 0.210. The fraction of sp³-hybridized carbons (Fsp3) is 0.900. The van der Waals surface area contributed by atoms with E-state index in [9.17, 15) is 4.79 Å². The number of hydrogen-bond acceptors (Lipinski definition) is 1. The molecule has 1 N–H and O–H groups in total. The van der Waals surface area contributed by atoms with E-state index in [1.54, 1.807) is 6.92 Å². The van der Waals surface area contributed by atoms with Gasteiger partial charge in [0, 0.05) is 12.8 Å². The first-order chi connectivity index (χ1) is 11.3. The largest absolute Gasteiger partial charge is 0.340 e. The number of carbonyl (C=O) groups is 1. The van der Waals surface area contributed by atoms with Crippen LogP contribution in [0.4, 0.5) is 4.79 Å². The monoisotopic (exact) mass is 324 g/mol. The van der Waals surface area contributed by atoms with Crippen molar-refractivity contribution in [1.29, 1.82) is 0 Å². The molecule has 0 rings (SSSR count). The van der Waals surface area contributed by atoms with Crippen LogP contribution in [0.5, 0.6) is 0 Å². The van der Waals surface area contributed by atoms with Crippen LogP contribution in [-0.2, 0) is 0 Å². The SMILES string of the molecule is CC=NC(=O)NCCCCCCCCCCCCCCCCC. The number of nitrogens with one attached hydrogen (secondary N) is 1. The van der Waals surface area contributed by atoms with Crippen molar-refractivity contribution in [2.45, 2.75) is 110 Å². The van der Waals surface area contributed by atoms with Gasteiger partial charge in [0.1, 0.15) is 0 Å². The number of carbonyl (C=O) groups excluding carboxylic acids is 1. The van der Waals surface area contributed by atoms with Gasteiger partial charge in [-0.25, -0.2) is 9.79 Å². The Balaban J connectivity index is 3.04. The fourth-order valence-corrected chi connectivity index (χ4v) is 2.85. The summed E-state index contributed by atoms with van der Waals surface area (Å²) < 4.78 is 0. The van der Waals surface area contributed by atoms with E-state index in [2.05, 4.69) is 17.2 Å². The lowest BCUT2D eigenvalue weighted by Gasteiger charge is -2.04. The number of hydrogen-bond donors (Lipinski definition) is 1. The van der Waals surface area contributed by atoms with Gasteiger partial charge < -0.3 is 5.32 Å². The number of urea groups is 1. The Labute approximate surface area is 144 Å². The lowest BCUT2D eigenvalue weighted by atomic mass is 10.0. The average molecular weight is 325 g/mol. The quantitative estimate of drug-likeness (QED) is 0.250. The molecule has 0 aliphatic carbocycles. The zero-order chi connectivity index (χ0) is 17.0. The summed E-state index contributed by atoms with van der Waals surface area (Å²) in [6, 6.07) is -0.210. The standard InChI is InChI=1S/C20H40N2O/c1-3-5-6-7-8-9-10-11-12-13-14-15-16-17-18-19-22-20(23)21-4-2/h4H,3,5-19H2,1-2H3,(H,22,23). The van der Waals surface area contributed by atoms with Gasteiger partial charge in [0.2, 0.25) is 0 Å². The van der Waals surface area contributed by atoms with Crippen molar-refractivity contribution in [2.75, 3.05) is 6.54 Å². The summed E-state index contributed by atoms with van der Waals surface area (Å²) in [7, 11) is 0. The normalized spacial score (nSPS) is 11.2. The van der Waals surface area contributed by atoms with Crippen LogP contribution in [0.15, 0.2) is 4.99 Å². The molecule has 0 saturated carbocycles. The smallest absolute Gasteiger partial charge is 0.336 e. The van der Waals surface area contributed by atoms with Crippen LogP contribution in [-0.4, -0.2) is 18.8 Å². The molecule has 0 fully saturated rings. The molecule has 3 nitrogen and oxygen atoms in total. The molecule has 0 spiro atoms. The van der Waals surface area contributed by atoms with Crippen LogP contribution in [0.3, 0.4) is 0 Å². The van der Waals surface area contributed by atoms with Gasteiger partial charge in [0.05, 0.1) is 0 Å². The Bertz CT molecular complexity index is 277. The van der Waals surface area contributed by atoms with Gasteiger partial charge >= 0.3 is 6.03 Å². The van der Waals surface area contributed by atoms with E-state index in [-0.39, 0.29) is 6.03 Å². The van der Waals surface area contributed by atoms with Gasteiger partial charge in [0.25, 0.3) is 0 Å². The van der Waals surface area contributed by atoms with Crippen LogP contribution in [0.2, 0.25) is 0 Å². The molecule has 23 heavy (non-hydrogen) atoms. The van der Waals surface area contributed by atoms with E-state index in [0.29, 0.717) is 0 Å². The maximum absolute atomic E-state index is 11.1. The van der Waals surface area contributed by atoms with Gasteiger partial charge in [-0.15, -0.1) is 0 Å². The molecule has 2 amide bonds. The van der Waals surface area contributed by atoms with Crippen molar-refractivity contribution in [3.05, 3.63) is 0 Å². The van der Waals surface area contributed by atoms with Crippen LogP contribution >= 0.6 is 0 Å². The van der Waals surface area contributed by atoms with E-state index >= 15 is 0 Å². The van der Waals surface area contributed by atoms with Crippen molar-refractivity contribution in [3.8, 4) is 0 Å². The van der Waals surface area contributed by atoms with E-state index in [0.717, 1.165) is 13.0 Å². The molecule has 0 bridgehead atoms. The highest BCUT2D eigenvalue weighted by Crippen LogP contribution is 2.13. The highest BCUT2D eigenvalue weighted by Gasteiger charge is 1.96. The predicted molar refractivity (Wildman–Crippen MR) is 102 cm³/mol. The summed E-state index contributed by atoms with van der Waals surface area (Å²) in [6.45, 7) is 4.79. The number of aliphatic imine (C=N–C) groups is 1. The molecule has 0 radical (unpaired) electrons. The maximum atomic E-state index is 11.1. The Morgan fingerprint density at radius 1 is 0.739 bits per heavy atom. The van der Waals surface area contributed by atoms with Crippen LogP contribution < -0.4 is 5.32 Å². The number of rotatable bonds is 16. The molecule has 0 atom stereocenters. The van der Waals surface area contributed by atoms with Crippen LogP contribution in [0.25, 0.3) is 0 Å². The van der Waals surface area contributed by atoms with Gasteiger partial charge in [-0.05, 0) is 13.3 Å². The van der Waals surface area contributed by atoms with Gasteiger partial charge in [0.15, 0.2) is 0 Å². The highest BCUT2D eigenvalue weighted by atomic mass is 16.2. The Morgan fingerprint density at radius 2 is 1.13 bits per heavy atom. The lowest BCUT2D eigenvalue weighted by Crippen LogP contribution is -2.20. The molecule has 136 valence electrons. The molecule has 0 saturated heterocycles. The highest BCUT2D eigenvalue weighted by molar-refractivity contribution is 5.82. The molecule has 0 unspecified atom stereocenters. The number of amides is 2. The summed E-state index contributed by atoms with van der Waals surface area (Å²) in [5.41, 5.74) is 0. The molecule has 0 heterocycles. The Hall–Kier alpha value is -0.860. The zero-order valence-electron chi connectivity index (χ0n) is 15.7. The van der Waals surface area contributed by atoms with E-state index < -0.39 is 0 Å². The lowest BCUT2D eigenvalue weighted by molar-refractivity contribution is 0.249. The predicted octanol–water partition coefficient (Wildman–Crippen LogP) is 6.66. The second-order valence-electron chi connectivity index (χ2n) is 6.57. The molecule has 3 heteroatoms. The molecule has 0 aliphatic heterocycles. The van der Waals surface area contributed by atoms with E-state index in [1.165, 1.54) is 96.1 Å². The topological polar surface area (TPSA) is 41.5 Å². The van der Waals surface area contributed by atoms with Crippen LogP contribution in [0, 0.1) is 0 Å². The molecule has 0 aromatic rings. The number of unbranched alkanes of at least 4 members (excludes halogenated alkanes) is 14. The second kappa shape index (κ2) is 19.2. The maximum Gasteiger partial charge on any atom is 0.340 e. The third-order valence-electron chi connectivity index (χ3n) is 4.30. The van der Waals surface area contributed by atoms with Crippen LogP contribution in [0.1, 0.15) is 110 Å². The second-order valence-corrected chi connectivity index (χ2v) is 6.57. The van der Waals surface area contributed by atoms with Crippen molar-refractivity contribution in [2.24, 2.45) is 4.99 Å². The summed E-state index contributed by atoms with van der Waals surface area (Å²) >= 11 is 0. The summed E-state index contributed by atoms with van der Waals surface area (Å²) in [6.07, 6.45) is 22.1. The first-order valence-corrected chi connectivity index (χ1v) is 10.1. The van der Waals surface area contributed by atoms with Crippen molar-refractivity contribution >= 4 is 12.2 Å². The van der Waals surface area contributed by atoms with Crippen molar-refractivity contribution in [1.82, 2.24) is 5.32 Å². The average Bonchev–Trinajstić information content (AvgIpc) is 2.54. The summed E-state index contributed by atoms with van der Waals surface area (Å²) in [5.74, 6) is 0. The van der Waals surface area contributed by atoms with Crippen molar-refractivity contribution in [3.63, 3.8) is 0 Å². The van der Waals surface area contributed by atoms with E-state index in [1.807, 2.05) is 0 Å². The summed E-state index contributed by atoms with van der Waals surface area (Å²) in [5, 5.41) is 2.79. The van der Waals surface area contributed by atoms with Gasteiger partial charge in [-0.1, -0.05) is 96.8 Å². The Morgan fingerprint density at radius 3 is 1.52 bits per heavy atom. The van der Waals surface area contributed by atoms with Gasteiger partial charge in [-0.2, -0.15) is 0 Å². The Kier molecular flexibility index (Phi) is 18.5. The fourth-order valence-electron chi connectivity index (χ4n) is 2.85. The third kappa shape index (κ3) is 19.1. The van der Waals surface area contributed by atoms with Crippen molar-refractivity contribution < 1.29 is 4.79 Å². The zero-order valence-corrected chi connectivity index (χ0v) is 15.7. The minimum Gasteiger partial charge on any atom is -0.336 e. The molecule has 0 aromatic heterocycles.